The molecule has 3 N–H and O–H groups in total. The third-order valence-corrected chi connectivity index (χ3v) is 3.57. The molecule has 1 unspecified atom stereocenters. The smallest absolute Gasteiger partial charge is 0.0476 e. The molecule has 3 heteroatoms. The van der Waals surface area contributed by atoms with Gasteiger partial charge in [-0.2, -0.15) is 0 Å². The fourth-order valence-corrected chi connectivity index (χ4v) is 2.62. The first-order valence-corrected chi connectivity index (χ1v) is 6.40. The van der Waals surface area contributed by atoms with Crippen LogP contribution in [0.1, 0.15) is 24.0 Å². The van der Waals surface area contributed by atoms with E-state index in [9.17, 15) is 5.11 Å². The first kappa shape index (κ1) is 12.4. The van der Waals surface area contributed by atoms with Crippen LogP contribution >= 0.6 is 0 Å². The first-order chi connectivity index (χ1) is 8.24. The second-order valence-electron chi connectivity index (χ2n) is 4.97. The monoisotopic (exact) mass is 234 g/mol. The summed E-state index contributed by atoms with van der Waals surface area (Å²) in [6.45, 7) is 4.99. The highest BCUT2D eigenvalue weighted by Crippen LogP contribution is 2.26. The van der Waals surface area contributed by atoms with E-state index in [1.54, 1.807) is 0 Å². The normalized spacial score (nSPS) is 20.6. The standard InChI is InChI=1S/C14H22N2O/c1-11-4-5-14(13(7-11)8-15)16-6-2-3-12(9-16)10-17/h4-5,7,12,17H,2-3,6,8-10,15H2,1H3. The van der Waals surface area contributed by atoms with E-state index >= 15 is 0 Å². The number of benzene rings is 1. The third kappa shape index (κ3) is 2.79. The lowest BCUT2D eigenvalue weighted by atomic mass is 9.97. The number of aliphatic hydroxyl groups is 1. The lowest BCUT2D eigenvalue weighted by Gasteiger charge is -2.35. The molecule has 0 aliphatic carbocycles. The van der Waals surface area contributed by atoms with Crippen molar-refractivity contribution in [2.24, 2.45) is 11.7 Å². The van der Waals surface area contributed by atoms with Crippen molar-refractivity contribution >= 4 is 5.69 Å². The lowest BCUT2D eigenvalue weighted by Crippen LogP contribution is -2.37. The minimum absolute atomic E-state index is 0.292. The van der Waals surface area contributed by atoms with Crippen LogP contribution in [0.4, 0.5) is 5.69 Å². The van der Waals surface area contributed by atoms with Gasteiger partial charge in [-0.05, 0) is 37.3 Å². The summed E-state index contributed by atoms with van der Waals surface area (Å²) in [4.78, 5) is 2.37. The Hall–Kier alpha value is -1.06. The molecule has 1 atom stereocenters. The summed E-state index contributed by atoms with van der Waals surface area (Å²) < 4.78 is 0. The molecule has 0 amide bonds. The molecule has 1 aromatic rings. The van der Waals surface area contributed by atoms with Crippen molar-refractivity contribution in [1.82, 2.24) is 0 Å². The van der Waals surface area contributed by atoms with Gasteiger partial charge in [0.25, 0.3) is 0 Å². The second-order valence-corrected chi connectivity index (χ2v) is 4.97. The summed E-state index contributed by atoms with van der Waals surface area (Å²) in [5.41, 5.74) is 9.53. The van der Waals surface area contributed by atoms with Gasteiger partial charge in [0, 0.05) is 31.9 Å². The van der Waals surface area contributed by atoms with Crippen LogP contribution in [0.2, 0.25) is 0 Å². The Morgan fingerprint density at radius 1 is 1.47 bits per heavy atom. The van der Waals surface area contributed by atoms with E-state index in [-0.39, 0.29) is 0 Å². The van der Waals surface area contributed by atoms with Crippen LogP contribution in [-0.4, -0.2) is 24.8 Å². The van der Waals surface area contributed by atoms with Crippen LogP contribution in [0.5, 0.6) is 0 Å². The van der Waals surface area contributed by atoms with Crippen LogP contribution in [0.25, 0.3) is 0 Å². The number of aryl methyl sites for hydroxylation is 1. The van der Waals surface area contributed by atoms with Crippen molar-refractivity contribution in [1.29, 1.82) is 0 Å². The van der Waals surface area contributed by atoms with Crippen molar-refractivity contribution in [3.63, 3.8) is 0 Å². The van der Waals surface area contributed by atoms with Gasteiger partial charge < -0.3 is 15.7 Å². The SMILES string of the molecule is Cc1ccc(N2CCCC(CO)C2)c(CN)c1. The quantitative estimate of drug-likeness (QED) is 0.836. The summed E-state index contributed by atoms with van der Waals surface area (Å²) in [5.74, 6) is 0.413. The van der Waals surface area contributed by atoms with Gasteiger partial charge in [0.1, 0.15) is 0 Å². The molecule has 1 aromatic carbocycles. The number of piperidine rings is 1. The molecular formula is C14H22N2O. The van der Waals surface area contributed by atoms with Gasteiger partial charge >= 0.3 is 0 Å². The largest absolute Gasteiger partial charge is 0.396 e. The van der Waals surface area contributed by atoms with Crippen molar-refractivity contribution < 1.29 is 5.11 Å². The van der Waals surface area contributed by atoms with Crippen molar-refractivity contribution in [3.05, 3.63) is 29.3 Å². The Morgan fingerprint density at radius 2 is 2.29 bits per heavy atom. The van der Waals surface area contributed by atoms with E-state index in [0.717, 1.165) is 25.9 Å². The number of hydrogen-bond acceptors (Lipinski definition) is 3. The fourth-order valence-electron chi connectivity index (χ4n) is 2.62. The van der Waals surface area contributed by atoms with Gasteiger partial charge in [0.2, 0.25) is 0 Å². The maximum atomic E-state index is 9.27. The lowest BCUT2D eigenvalue weighted by molar-refractivity contribution is 0.208. The molecule has 1 aliphatic heterocycles. The average molecular weight is 234 g/mol. The number of anilines is 1. The van der Waals surface area contributed by atoms with Crippen LogP contribution in [-0.2, 0) is 6.54 Å². The molecular weight excluding hydrogens is 212 g/mol. The predicted octanol–water partition coefficient (Wildman–Crippen LogP) is 1.66. The number of rotatable bonds is 3. The Bertz CT molecular complexity index is 378. The molecule has 1 heterocycles. The van der Waals surface area contributed by atoms with Gasteiger partial charge in [-0.25, -0.2) is 0 Å². The molecule has 1 fully saturated rings. The molecule has 3 nitrogen and oxygen atoms in total. The summed E-state index contributed by atoms with van der Waals surface area (Å²) in [6, 6.07) is 6.46. The molecule has 0 saturated carbocycles. The Morgan fingerprint density at radius 3 is 3.00 bits per heavy atom. The third-order valence-electron chi connectivity index (χ3n) is 3.57. The van der Waals surface area contributed by atoms with Crippen molar-refractivity contribution in [2.75, 3.05) is 24.6 Å². The molecule has 0 radical (unpaired) electrons. The highest BCUT2D eigenvalue weighted by molar-refractivity contribution is 5.55. The van der Waals surface area contributed by atoms with E-state index < -0.39 is 0 Å². The van der Waals surface area contributed by atoms with Crippen molar-refractivity contribution in [3.8, 4) is 0 Å². The van der Waals surface area contributed by atoms with E-state index in [1.807, 2.05) is 0 Å². The average Bonchev–Trinajstić information content (AvgIpc) is 2.38. The zero-order valence-electron chi connectivity index (χ0n) is 10.5. The summed E-state index contributed by atoms with van der Waals surface area (Å²) in [5, 5.41) is 9.27. The van der Waals surface area contributed by atoms with Crippen LogP contribution < -0.4 is 10.6 Å². The molecule has 0 bridgehead atoms. The van der Waals surface area contributed by atoms with Crippen LogP contribution in [0, 0.1) is 12.8 Å². The van der Waals surface area contributed by atoms with E-state index in [4.69, 9.17) is 5.73 Å². The number of nitrogens with two attached hydrogens (primary N) is 1. The summed E-state index contributed by atoms with van der Waals surface area (Å²) >= 11 is 0. The number of aliphatic hydroxyl groups excluding tert-OH is 1. The van der Waals surface area contributed by atoms with Gasteiger partial charge in [0.15, 0.2) is 0 Å². The Kier molecular flexibility index (Phi) is 4.02. The van der Waals surface area contributed by atoms with Crippen LogP contribution in [0.15, 0.2) is 18.2 Å². The van der Waals surface area contributed by atoms with Crippen LogP contribution in [0.3, 0.4) is 0 Å². The Balaban J connectivity index is 2.20. The minimum Gasteiger partial charge on any atom is -0.396 e. The van der Waals surface area contributed by atoms with E-state index in [2.05, 4.69) is 30.0 Å². The maximum Gasteiger partial charge on any atom is 0.0476 e. The van der Waals surface area contributed by atoms with Gasteiger partial charge in [0.05, 0.1) is 0 Å². The molecule has 0 spiro atoms. The molecule has 17 heavy (non-hydrogen) atoms. The minimum atomic E-state index is 0.292. The second kappa shape index (κ2) is 5.52. The highest BCUT2D eigenvalue weighted by Gasteiger charge is 2.20. The molecule has 0 aromatic heterocycles. The highest BCUT2D eigenvalue weighted by atomic mass is 16.3. The molecule has 1 saturated heterocycles. The first-order valence-electron chi connectivity index (χ1n) is 6.40. The van der Waals surface area contributed by atoms with E-state index in [1.165, 1.54) is 16.8 Å². The van der Waals surface area contributed by atoms with Gasteiger partial charge in [-0.15, -0.1) is 0 Å². The zero-order chi connectivity index (χ0) is 12.3. The number of nitrogens with zero attached hydrogens (tertiary/aromatic N) is 1. The predicted molar refractivity (Wildman–Crippen MR) is 71.1 cm³/mol. The maximum absolute atomic E-state index is 9.27. The summed E-state index contributed by atoms with van der Waals surface area (Å²) in [6.07, 6.45) is 2.29. The molecule has 94 valence electrons. The number of hydrogen-bond donors (Lipinski definition) is 2. The van der Waals surface area contributed by atoms with E-state index in [0.29, 0.717) is 19.1 Å². The topological polar surface area (TPSA) is 49.5 Å². The molecule has 1 aliphatic rings. The fraction of sp³-hybridized carbons (Fsp3) is 0.571. The molecule has 2 rings (SSSR count). The zero-order valence-corrected chi connectivity index (χ0v) is 10.5. The van der Waals surface area contributed by atoms with Gasteiger partial charge in [-0.1, -0.05) is 17.7 Å². The van der Waals surface area contributed by atoms with Crippen molar-refractivity contribution in [2.45, 2.75) is 26.3 Å². The summed E-state index contributed by atoms with van der Waals surface area (Å²) in [7, 11) is 0. The Labute approximate surface area is 103 Å². The van der Waals surface area contributed by atoms with Gasteiger partial charge in [-0.3, -0.25) is 0 Å².